The molecule has 0 bridgehead atoms. The Morgan fingerprint density at radius 2 is 1.62 bits per heavy atom. The van der Waals surface area contributed by atoms with Crippen LogP contribution in [0.5, 0.6) is 0 Å². The molecule has 0 amide bonds. The zero-order valence-electron chi connectivity index (χ0n) is 13.2. The average molecular weight is 294 g/mol. The van der Waals surface area contributed by atoms with Gasteiger partial charge in [0.05, 0.1) is 6.10 Å². The first kappa shape index (κ1) is 19.7. The van der Waals surface area contributed by atoms with Gasteiger partial charge in [-0.2, -0.15) is 0 Å². The second-order valence-electron chi connectivity index (χ2n) is 5.30. The van der Waals surface area contributed by atoms with Crippen LogP contribution in [-0.2, 0) is 4.79 Å². The van der Waals surface area contributed by atoms with E-state index in [0.29, 0.717) is 0 Å². The number of unbranched alkanes of at least 4 members (excludes halogenated alkanes) is 5. The highest BCUT2D eigenvalue weighted by Crippen LogP contribution is 2.11. The third-order valence-electron chi connectivity index (χ3n) is 3.26. The predicted molar refractivity (Wildman–Crippen MR) is 88.3 cm³/mol. The summed E-state index contributed by atoms with van der Waals surface area (Å²) in [5.74, 6) is -0.930. The number of rotatable bonds is 13. The Hall–Kier alpha value is -1.35. The third-order valence-corrected chi connectivity index (χ3v) is 3.26. The van der Waals surface area contributed by atoms with Crippen LogP contribution in [0.3, 0.4) is 0 Å². The molecule has 0 aliphatic carbocycles. The van der Waals surface area contributed by atoms with E-state index in [-0.39, 0.29) is 6.10 Å². The van der Waals surface area contributed by atoms with Crippen molar-refractivity contribution in [3.8, 4) is 0 Å². The van der Waals surface area contributed by atoms with Gasteiger partial charge in [-0.3, -0.25) is 0 Å². The summed E-state index contributed by atoms with van der Waals surface area (Å²) in [4.78, 5) is 10.2. The lowest BCUT2D eigenvalue weighted by Crippen LogP contribution is -2.05. The van der Waals surface area contributed by atoms with Crippen molar-refractivity contribution in [2.24, 2.45) is 0 Å². The normalized spacial score (nSPS) is 13.6. The van der Waals surface area contributed by atoms with Crippen LogP contribution >= 0.6 is 0 Å². The molecule has 0 aliphatic heterocycles. The van der Waals surface area contributed by atoms with Crippen molar-refractivity contribution in [3.63, 3.8) is 0 Å². The van der Waals surface area contributed by atoms with Gasteiger partial charge in [0.2, 0.25) is 0 Å². The van der Waals surface area contributed by atoms with E-state index < -0.39 is 5.97 Å². The summed E-state index contributed by atoms with van der Waals surface area (Å²) in [6.07, 6.45) is 19.9. The van der Waals surface area contributed by atoms with E-state index in [1.807, 2.05) is 12.2 Å². The van der Waals surface area contributed by atoms with Gasteiger partial charge in [-0.15, -0.1) is 0 Å². The number of aliphatic hydroxyl groups excluding tert-OH is 1. The van der Waals surface area contributed by atoms with Crippen LogP contribution in [0.15, 0.2) is 36.5 Å². The van der Waals surface area contributed by atoms with Crippen LogP contribution in [0.4, 0.5) is 0 Å². The Bertz CT molecular complexity index is 329. The van der Waals surface area contributed by atoms with Crippen molar-refractivity contribution in [2.75, 3.05) is 0 Å². The van der Waals surface area contributed by atoms with Crippen LogP contribution in [0.25, 0.3) is 0 Å². The predicted octanol–water partition coefficient (Wildman–Crippen LogP) is 4.63. The standard InChI is InChI=1S/C18H30O3/c1-2-3-11-14-17(19)15-12-9-7-5-4-6-8-10-13-16-18(20)21/h4,6,8,10,13,16-17,19H,2-3,5,7,9,11-12,14-15H2,1H3,(H,20,21)/t17-/m0/s1. The first-order valence-electron chi connectivity index (χ1n) is 8.07. The zero-order chi connectivity index (χ0) is 15.8. The maximum Gasteiger partial charge on any atom is 0.328 e. The van der Waals surface area contributed by atoms with Gasteiger partial charge in [0.1, 0.15) is 0 Å². The van der Waals surface area contributed by atoms with Crippen LogP contribution < -0.4 is 0 Å². The highest BCUT2D eigenvalue weighted by Gasteiger charge is 2.02. The molecular weight excluding hydrogens is 264 g/mol. The van der Waals surface area contributed by atoms with E-state index in [1.165, 1.54) is 18.9 Å². The minimum Gasteiger partial charge on any atom is -0.478 e. The Balaban J connectivity index is 3.41. The van der Waals surface area contributed by atoms with E-state index in [0.717, 1.165) is 51.0 Å². The van der Waals surface area contributed by atoms with Gasteiger partial charge in [-0.1, -0.05) is 69.4 Å². The minimum atomic E-state index is -0.930. The van der Waals surface area contributed by atoms with Crippen LogP contribution in [0.2, 0.25) is 0 Å². The highest BCUT2D eigenvalue weighted by molar-refractivity contribution is 5.80. The Labute approximate surface area is 129 Å². The number of allylic oxidation sites excluding steroid dienone is 5. The number of hydrogen-bond donors (Lipinski definition) is 2. The maximum atomic E-state index is 10.2. The van der Waals surface area contributed by atoms with Crippen molar-refractivity contribution in [1.82, 2.24) is 0 Å². The van der Waals surface area contributed by atoms with Gasteiger partial charge in [0.15, 0.2) is 0 Å². The first-order chi connectivity index (χ1) is 10.2. The number of aliphatic hydroxyl groups is 1. The van der Waals surface area contributed by atoms with Gasteiger partial charge < -0.3 is 10.2 Å². The lowest BCUT2D eigenvalue weighted by molar-refractivity contribution is -0.131. The minimum absolute atomic E-state index is 0.115. The molecule has 0 radical (unpaired) electrons. The molecule has 21 heavy (non-hydrogen) atoms. The number of carboxylic acid groups (broad SMARTS) is 1. The van der Waals surface area contributed by atoms with E-state index in [1.54, 1.807) is 6.08 Å². The fraction of sp³-hybridized carbons (Fsp3) is 0.611. The largest absolute Gasteiger partial charge is 0.478 e. The zero-order valence-corrected chi connectivity index (χ0v) is 13.2. The molecule has 120 valence electrons. The second-order valence-corrected chi connectivity index (χ2v) is 5.30. The molecular formula is C18H30O3. The fourth-order valence-corrected chi connectivity index (χ4v) is 2.03. The molecule has 0 aromatic rings. The molecule has 0 aliphatic rings. The van der Waals surface area contributed by atoms with Gasteiger partial charge in [0.25, 0.3) is 0 Å². The van der Waals surface area contributed by atoms with Crippen molar-refractivity contribution in [1.29, 1.82) is 0 Å². The SMILES string of the molecule is CCCCC[C@H](O)CCCCCC=CC=CC=CC(=O)O. The summed E-state index contributed by atoms with van der Waals surface area (Å²) in [5, 5.41) is 18.1. The molecule has 0 heterocycles. The lowest BCUT2D eigenvalue weighted by Gasteiger charge is -2.09. The molecule has 0 aromatic heterocycles. The molecule has 0 spiro atoms. The van der Waals surface area contributed by atoms with Gasteiger partial charge in [-0.25, -0.2) is 4.79 Å². The van der Waals surface area contributed by atoms with Gasteiger partial charge in [-0.05, 0) is 25.7 Å². The summed E-state index contributed by atoms with van der Waals surface area (Å²) in [6, 6.07) is 0. The number of carbonyl (C=O) groups is 1. The summed E-state index contributed by atoms with van der Waals surface area (Å²) in [6.45, 7) is 2.18. The van der Waals surface area contributed by atoms with E-state index in [9.17, 15) is 9.90 Å². The molecule has 0 unspecified atom stereocenters. The third kappa shape index (κ3) is 16.6. The van der Waals surface area contributed by atoms with Crippen LogP contribution in [0, 0.1) is 0 Å². The van der Waals surface area contributed by atoms with Crippen molar-refractivity contribution >= 4 is 5.97 Å². The number of carboxylic acids is 1. The summed E-state index contributed by atoms with van der Waals surface area (Å²) in [7, 11) is 0. The molecule has 0 rings (SSSR count). The first-order valence-corrected chi connectivity index (χ1v) is 8.07. The van der Waals surface area contributed by atoms with E-state index in [2.05, 4.69) is 13.0 Å². The second kappa shape index (κ2) is 15.0. The quantitative estimate of drug-likeness (QED) is 0.296. The number of aliphatic carboxylic acids is 1. The molecule has 0 saturated carbocycles. The fourth-order valence-electron chi connectivity index (χ4n) is 2.03. The summed E-state index contributed by atoms with van der Waals surface area (Å²) in [5.41, 5.74) is 0. The number of hydrogen-bond acceptors (Lipinski definition) is 2. The molecule has 3 heteroatoms. The smallest absolute Gasteiger partial charge is 0.328 e. The highest BCUT2D eigenvalue weighted by atomic mass is 16.4. The molecule has 2 N–H and O–H groups in total. The monoisotopic (exact) mass is 294 g/mol. The summed E-state index contributed by atoms with van der Waals surface area (Å²) < 4.78 is 0. The molecule has 0 aromatic carbocycles. The topological polar surface area (TPSA) is 57.5 Å². The Morgan fingerprint density at radius 3 is 2.29 bits per heavy atom. The molecule has 0 saturated heterocycles. The van der Waals surface area contributed by atoms with Crippen molar-refractivity contribution < 1.29 is 15.0 Å². The van der Waals surface area contributed by atoms with E-state index in [4.69, 9.17) is 5.11 Å². The van der Waals surface area contributed by atoms with Crippen molar-refractivity contribution in [3.05, 3.63) is 36.5 Å². The maximum absolute atomic E-state index is 10.2. The van der Waals surface area contributed by atoms with Gasteiger partial charge in [0, 0.05) is 6.08 Å². The molecule has 0 fully saturated rings. The van der Waals surface area contributed by atoms with E-state index >= 15 is 0 Å². The van der Waals surface area contributed by atoms with Gasteiger partial charge >= 0.3 is 5.97 Å². The Kier molecular flexibility index (Phi) is 14.1. The average Bonchev–Trinajstić information content (AvgIpc) is 2.44. The summed E-state index contributed by atoms with van der Waals surface area (Å²) >= 11 is 0. The van der Waals surface area contributed by atoms with Crippen LogP contribution in [0.1, 0.15) is 64.7 Å². The molecule has 1 atom stereocenters. The lowest BCUT2D eigenvalue weighted by atomic mass is 10.0. The Morgan fingerprint density at radius 1 is 0.952 bits per heavy atom. The molecule has 3 nitrogen and oxygen atoms in total. The van der Waals surface area contributed by atoms with Crippen molar-refractivity contribution in [2.45, 2.75) is 70.8 Å². The van der Waals surface area contributed by atoms with Crippen LogP contribution in [-0.4, -0.2) is 22.3 Å².